The molecule has 0 aromatic heterocycles. The number of ketones is 1. The molecule has 0 aliphatic heterocycles. The molecule has 1 aliphatic carbocycles. The predicted molar refractivity (Wildman–Crippen MR) is 51.0 cm³/mol. The van der Waals surface area contributed by atoms with E-state index in [0.29, 0.717) is 12.0 Å². The van der Waals surface area contributed by atoms with Crippen molar-refractivity contribution in [3.63, 3.8) is 0 Å². The summed E-state index contributed by atoms with van der Waals surface area (Å²) >= 11 is 0. The first-order valence-electron chi connectivity index (χ1n) is 4.39. The van der Waals surface area contributed by atoms with Crippen molar-refractivity contribution in [2.75, 3.05) is 14.1 Å². The molecular weight excluding hydrogens is 184 g/mol. The fraction of sp³-hybridized carbons (Fsp3) is 0.556. The summed E-state index contributed by atoms with van der Waals surface area (Å²) in [4.78, 5) is 23.5. The molecule has 14 heavy (non-hydrogen) atoms. The lowest BCUT2D eigenvalue weighted by atomic mass is 10.2. The molecule has 0 heterocycles. The lowest BCUT2D eigenvalue weighted by Gasteiger charge is -2.07. The van der Waals surface area contributed by atoms with Crippen LogP contribution in [0.1, 0.15) is 12.8 Å². The highest BCUT2D eigenvalue weighted by molar-refractivity contribution is 5.98. The Labute approximate surface area is 82.4 Å². The Kier molecular flexibility index (Phi) is 3.11. The lowest BCUT2D eigenvalue weighted by Crippen LogP contribution is -2.31. The van der Waals surface area contributed by atoms with E-state index in [4.69, 9.17) is 5.11 Å². The van der Waals surface area contributed by atoms with Gasteiger partial charge in [0.05, 0.1) is 0 Å². The van der Waals surface area contributed by atoms with Gasteiger partial charge in [-0.15, -0.1) is 0 Å². The van der Waals surface area contributed by atoms with E-state index in [1.807, 2.05) is 14.1 Å². The van der Waals surface area contributed by atoms with Gasteiger partial charge in [-0.3, -0.25) is 4.79 Å². The van der Waals surface area contributed by atoms with E-state index in [2.05, 4.69) is 5.32 Å². The SMILES string of the molecule is CN(C)C=C1CC(NC(=O)O)CC1=O. The number of nitrogens with zero attached hydrogens (tertiary/aromatic N) is 1. The molecule has 1 atom stereocenters. The van der Waals surface area contributed by atoms with E-state index in [-0.39, 0.29) is 18.2 Å². The minimum absolute atomic E-state index is 0.0254. The molecule has 1 unspecified atom stereocenters. The van der Waals surface area contributed by atoms with Gasteiger partial charge in [0.15, 0.2) is 5.78 Å². The summed E-state index contributed by atoms with van der Waals surface area (Å²) in [7, 11) is 3.66. The van der Waals surface area contributed by atoms with Gasteiger partial charge in [0.2, 0.25) is 0 Å². The topological polar surface area (TPSA) is 69.6 Å². The van der Waals surface area contributed by atoms with Crippen molar-refractivity contribution in [1.29, 1.82) is 0 Å². The predicted octanol–water partition coefficient (Wildman–Crippen LogP) is 0.431. The highest BCUT2D eigenvalue weighted by Gasteiger charge is 2.28. The molecule has 0 aromatic rings. The van der Waals surface area contributed by atoms with Crippen LogP contribution >= 0.6 is 0 Å². The van der Waals surface area contributed by atoms with Crippen molar-refractivity contribution >= 4 is 11.9 Å². The number of hydrogen-bond acceptors (Lipinski definition) is 3. The fourth-order valence-electron chi connectivity index (χ4n) is 1.52. The van der Waals surface area contributed by atoms with Crippen molar-refractivity contribution in [2.24, 2.45) is 0 Å². The Balaban J connectivity index is 2.60. The number of Topliss-reactive ketones (excluding diaryl/α,β-unsaturated/α-hetero) is 1. The van der Waals surface area contributed by atoms with Crippen LogP contribution in [0, 0.1) is 0 Å². The highest BCUT2D eigenvalue weighted by atomic mass is 16.4. The molecule has 5 heteroatoms. The molecule has 1 amide bonds. The molecule has 0 aromatic carbocycles. The average molecular weight is 198 g/mol. The van der Waals surface area contributed by atoms with Gasteiger partial charge < -0.3 is 15.3 Å². The summed E-state index contributed by atoms with van der Waals surface area (Å²) in [5.41, 5.74) is 0.689. The van der Waals surface area contributed by atoms with Crippen LogP contribution in [0.25, 0.3) is 0 Å². The summed E-state index contributed by atoms with van der Waals surface area (Å²) in [6.07, 6.45) is 1.43. The van der Waals surface area contributed by atoms with Gasteiger partial charge in [-0.25, -0.2) is 4.79 Å². The first-order chi connectivity index (χ1) is 6.49. The summed E-state index contributed by atoms with van der Waals surface area (Å²) in [5.74, 6) is 0.0254. The van der Waals surface area contributed by atoms with E-state index in [9.17, 15) is 9.59 Å². The first kappa shape index (κ1) is 10.6. The number of hydrogen-bond donors (Lipinski definition) is 2. The van der Waals surface area contributed by atoms with E-state index in [1.54, 1.807) is 11.1 Å². The van der Waals surface area contributed by atoms with Crippen LogP contribution in [-0.2, 0) is 4.79 Å². The third kappa shape index (κ3) is 2.76. The zero-order valence-corrected chi connectivity index (χ0v) is 8.28. The molecule has 0 radical (unpaired) electrons. The summed E-state index contributed by atoms with van der Waals surface area (Å²) in [6.45, 7) is 0. The number of carbonyl (C=O) groups is 2. The molecule has 1 rings (SSSR count). The molecule has 2 N–H and O–H groups in total. The molecule has 0 spiro atoms. The largest absolute Gasteiger partial charge is 0.465 e. The van der Waals surface area contributed by atoms with Gasteiger partial charge in [-0.1, -0.05) is 0 Å². The highest BCUT2D eigenvalue weighted by Crippen LogP contribution is 2.21. The Morgan fingerprint density at radius 1 is 1.57 bits per heavy atom. The molecule has 78 valence electrons. The molecule has 1 aliphatic rings. The molecular formula is C9H14N2O3. The minimum atomic E-state index is -1.08. The number of carboxylic acid groups (broad SMARTS) is 1. The van der Waals surface area contributed by atoms with Crippen molar-refractivity contribution in [3.8, 4) is 0 Å². The zero-order valence-electron chi connectivity index (χ0n) is 8.28. The van der Waals surface area contributed by atoms with Gasteiger partial charge in [-0.05, 0) is 6.42 Å². The van der Waals surface area contributed by atoms with Crippen LogP contribution in [0.5, 0.6) is 0 Å². The maximum Gasteiger partial charge on any atom is 0.404 e. The van der Waals surface area contributed by atoms with Gasteiger partial charge in [0, 0.05) is 38.3 Å². The van der Waals surface area contributed by atoms with Gasteiger partial charge in [0.1, 0.15) is 0 Å². The molecule has 0 bridgehead atoms. The van der Waals surface area contributed by atoms with Gasteiger partial charge in [-0.2, -0.15) is 0 Å². The van der Waals surface area contributed by atoms with E-state index >= 15 is 0 Å². The summed E-state index contributed by atoms with van der Waals surface area (Å²) in [5, 5.41) is 10.8. The minimum Gasteiger partial charge on any atom is -0.465 e. The van der Waals surface area contributed by atoms with E-state index < -0.39 is 6.09 Å². The molecule has 0 saturated heterocycles. The number of nitrogens with one attached hydrogen (secondary N) is 1. The maximum atomic E-state index is 11.4. The van der Waals surface area contributed by atoms with Crippen LogP contribution in [0.4, 0.5) is 4.79 Å². The number of amides is 1. The monoisotopic (exact) mass is 198 g/mol. The van der Waals surface area contributed by atoms with Crippen molar-refractivity contribution < 1.29 is 14.7 Å². The second kappa shape index (κ2) is 4.13. The lowest BCUT2D eigenvalue weighted by molar-refractivity contribution is -0.114. The maximum absolute atomic E-state index is 11.4. The third-order valence-electron chi connectivity index (χ3n) is 2.00. The van der Waals surface area contributed by atoms with E-state index in [0.717, 1.165) is 0 Å². The number of rotatable bonds is 2. The first-order valence-corrected chi connectivity index (χ1v) is 4.39. The Morgan fingerprint density at radius 2 is 2.21 bits per heavy atom. The van der Waals surface area contributed by atoms with Crippen LogP contribution < -0.4 is 5.32 Å². The second-order valence-corrected chi connectivity index (χ2v) is 3.60. The number of carbonyl (C=O) groups excluding carboxylic acids is 1. The Morgan fingerprint density at radius 3 is 2.71 bits per heavy atom. The molecule has 5 nitrogen and oxygen atoms in total. The zero-order chi connectivity index (χ0) is 10.7. The van der Waals surface area contributed by atoms with Crippen LogP contribution in [0.15, 0.2) is 11.8 Å². The van der Waals surface area contributed by atoms with Gasteiger partial charge in [0.25, 0.3) is 0 Å². The van der Waals surface area contributed by atoms with Gasteiger partial charge >= 0.3 is 6.09 Å². The second-order valence-electron chi connectivity index (χ2n) is 3.60. The van der Waals surface area contributed by atoms with Crippen LogP contribution in [0.3, 0.4) is 0 Å². The summed E-state index contributed by atoms with van der Waals surface area (Å²) in [6, 6.07) is -0.258. The Bertz CT molecular complexity index is 284. The normalized spacial score (nSPS) is 24.0. The molecule has 1 fully saturated rings. The van der Waals surface area contributed by atoms with Crippen molar-refractivity contribution in [1.82, 2.24) is 10.2 Å². The quantitative estimate of drug-likeness (QED) is 0.631. The Hall–Kier alpha value is -1.52. The smallest absolute Gasteiger partial charge is 0.404 e. The third-order valence-corrected chi connectivity index (χ3v) is 2.00. The van der Waals surface area contributed by atoms with Crippen molar-refractivity contribution in [2.45, 2.75) is 18.9 Å². The fourth-order valence-corrected chi connectivity index (χ4v) is 1.52. The summed E-state index contributed by atoms with van der Waals surface area (Å²) < 4.78 is 0. The standard InChI is InChI=1S/C9H14N2O3/c1-11(2)5-6-3-7(4-8(6)12)10-9(13)14/h5,7,10H,3-4H2,1-2H3,(H,13,14). The van der Waals surface area contributed by atoms with Crippen LogP contribution in [-0.4, -0.2) is 42.0 Å². The van der Waals surface area contributed by atoms with Crippen molar-refractivity contribution in [3.05, 3.63) is 11.8 Å². The average Bonchev–Trinajstić information content (AvgIpc) is 2.28. The molecule has 1 saturated carbocycles. The van der Waals surface area contributed by atoms with Crippen LogP contribution in [0.2, 0.25) is 0 Å². The van der Waals surface area contributed by atoms with E-state index in [1.165, 1.54) is 0 Å².